The average Bonchev–Trinajstić information content (AvgIpc) is 3.46. The number of nitrogens with one attached hydrogen (secondary N) is 1. The van der Waals surface area contributed by atoms with Crippen molar-refractivity contribution in [2.75, 3.05) is 32.6 Å². The van der Waals surface area contributed by atoms with Gasteiger partial charge in [0.2, 0.25) is 10.0 Å². The van der Waals surface area contributed by atoms with Crippen molar-refractivity contribution in [3.05, 3.63) is 54.7 Å². The van der Waals surface area contributed by atoms with Gasteiger partial charge in [-0.05, 0) is 74.8 Å². The third-order valence-electron chi connectivity index (χ3n) is 8.32. The number of benzene rings is 1. The number of sulfonamides is 1. The van der Waals surface area contributed by atoms with E-state index < -0.39 is 10.0 Å². The Morgan fingerprint density at radius 1 is 0.974 bits per heavy atom. The number of H-pyrrole nitrogens is 1. The van der Waals surface area contributed by atoms with Crippen LogP contribution >= 0.6 is 0 Å². The number of nitrogens with zero attached hydrogens (tertiary/aromatic N) is 4. The summed E-state index contributed by atoms with van der Waals surface area (Å²) in [5.41, 5.74) is 2.75. The molecule has 0 bridgehead atoms. The minimum Gasteiger partial charge on any atom is -0.497 e. The molecule has 0 radical (unpaired) electrons. The number of aromatic amines is 1. The molecule has 1 aromatic carbocycles. The lowest BCUT2D eigenvalue weighted by Gasteiger charge is -2.34. The summed E-state index contributed by atoms with van der Waals surface area (Å²) in [7, 11) is -1.69. The minimum absolute atomic E-state index is 0.171. The molecule has 1 unspecified atom stereocenters. The van der Waals surface area contributed by atoms with Gasteiger partial charge in [0.1, 0.15) is 23.5 Å². The second-order valence-corrected chi connectivity index (χ2v) is 12.9. The Morgan fingerprint density at radius 2 is 1.77 bits per heavy atom. The standard InChI is InChI=1S/C29H35N5O4S/c1-37-23-8-10-24(11-9-23)38-17-21-3-2-14-34(16-21)39(35,36)18-20-4-6-22(7-5-20)28-27-25-12-13-30-29(25)31-15-26(27)32-19-33-28/h8-13,15,19-22H,2-7,14,16-18H2,1H3,(H,30,31). The van der Waals surface area contributed by atoms with E-state index >= 15 is 0 Å². The van der Waals surface area contributed by atoms with Gasteiger partial charge in [-0.2, -0.15) is 0 Å². The number of piperidine rings is 1. The predicted octanol–water partition coefficient (Wildman–Crippen LogP) is 4.91. The van der Waals surface area contributed by atoms with Gasteiger partial charge in [0.25, 0.3) is 0 Å². The molecule has 1 saturated heterocycles. The van der Waals surface area contributed by atoms with Crippen LogP contribution in [0, 0.1) is 11.8 Å². The molecule has 4 heterocycles. The molecule has 2 aliphatic rings. The zero-order valence-electron chi connectivity index (χ0n) is 22.3. The quantitative estimate of drug-likeness (QED) is 0.333. The second-order valence-electron chi connectivity index (χ2n) is 10.9. The van der Waals surface area contributed by atoms with Crippen LogP contribution in [-0.2, 0) is 10.0 Å². The predicted molar refractivity (Wildman–Crippen MR) is 150 cm³/mol. The summed E-state index contributed by atoms with van der Waals surface area (Å²) < 4.78 is 39.7. The summed E-state index contributed by atoms with van der Waals surface area (Å²) in [6.07, 6.45) is 10.8. The molecule has 2 fully saturated rings. The van der Waals surface area contributed by atoms with Crippen LogP contribution < -0.4 is 9.47 Å². The van der Waals surface area contributed by atoms with E-state index in [9.17, 15) is 8.42 Å². The fraction of sp³-hybridized carbons (Fsp3) is 0.483. The highest BCUT2D eigenvalue weighted by Crippen LogP contribution is 2.39. The number of rotatable bonds is 8. The second kappa shape index (κ2) is 11.1. The van der Waals surface area contributed by atoms with E-state index in [1.165, 1.54) is 0 Å². The van der Waals surface area contributed by atoms with Gasteiger partial charge in [-0.15, -0.1) is 0 Å². The Bertz CT molecular complexity index is 1530. The van der Waals surface area contributed by atoms with Gasteiger partial charge in [0.05, 0.1) is 36.9 Å². The van der Waals surface area contributed by atoms with Crippen LogP contribution in [0.4, 0.5) is 0 Å². The molecule has 0 spiro atoms. The van der Waals surface area contributed by atoms with E-state index in [4.69, 9.17) is 14.5 Å². The Kier molecular flexibility index (Phi) is 7.40. The number of fused-ring (bicyclic) bond motifs is 3. The fourth-order valence-corrected chi connectivity index (χ4v) is 8.18. The van der Waals surface area contributed by atoms with Gasteiger partial charge in [-0.25, -0.2) is 27.7 Å². The molecule has 1 aliphatic carbocycles. The Hall–Kier alpha value is -3.24. The zero-order chi connectivity index (χ0) is 26.8. The average molecular weight is 550 g/mol. The van der Waals surface area contributed by atoms with Crippen LogP contribution in [0.3, 0.4) is 0 Å². The number of ether oxygens (including phenoxy) is 2. The van der Waals surface area contributed by atoms with Gasteiger partial charge >= 0.3 is 0 Å². The lowest BCUT2D eigenvalue weighted by Crippen LogP contribution is -2.43. The molecule has 206 valence electrons. The smallest absolute Gasteiger partial charge is 0.214 e. The lowest BCUT2D eigenvalue weighted by atomic mass is 9.80. The highest BCUT2D eigenvalue weighted by molar-refractivity contribution is 7.89. The van der Waals surface area contributed by atoms with Gasteiger partial charge in [0.15, 0.2) is 0 Å². The zero-order valence-corrected chi connectivity index (χ0v) is 23.1. The first-order chi connectivity index (χ1) is 19.0. The third-order valence-corrected chi connectivity index (χ3v) is 10.3. The van der Waals surface area contributed by atoms with Crippen LogP contribution in [0.25, 0.3) is 21.9 Å². The maximum atomic E-state index is 13.4. The van der Waals surface area contributed by atoms with E-state index in [0.29, 0.717) is 25.6 Å². The summed E-state index contributed by atoms with van der Waals surface area (Å²) in [6, 6.07) is 9.53. The van der Waals surface area contributed by atoms with Gasteiger partial charge in [-0.1, -0.05) is 0 Å². The Labute approximate surface area is 229 Å². The monoisotopic (exact) mass is 549 g/mol. The van der Waals surface area contributed by atoms with Crippen molar-refractivity contribution >= 4 is 32.0 Å². The normalized spacial score (nSPS) is 22.7. The highest BCUT2D eigenvalue weighted by Gasteiger charge is 2.33. The molecule has 1 saturated carbocycles. The molecular weight excluding hydrogens is 514 g/mol. The summed E-state index contributed by atoms with van der Waals surface area (Å²) in [4.78, 5) is 16.8. The summed E-state index contributed by atoms with van der Waals surface area (Å²) in [5, 5.41) is 2.11. The van der Waals surface area contributed by atoms with Crippen LogP contribution in [-0.4, -0.2) is 65.2 Å². The molecule has 6 rings (SSSR count). The maximum absolute atomic E-state index is 13.4. The van der Waals surface area contributed by atoms with Crippen LogP contribution in [0.5, 0.6) is 11.5 Å². The Morgan fingerprint density at radius 3 is 2.56 bits per heavy atom. The van der Waals surface area contributed by atoms with Crippen molar-refractivity contribution < 1.29 is 17.9 Å². The molecule has 1 aliphatic heterocycles. The van der Waals surface area contributed by atoms with Crippen molar-refractivity contribution in [2.24, 2.45) is 11.8 Å². The molecule has 4 aromatic rings. The molecule has 1 atom stereocenters. The highest BCUT2D eigenvalue weighted by atomic mass is 32.2. The number of methoxy groups -OCH3 is 1. The molecule has 3 aromatic heterocycles. The topological polar surface area (TPSA) is 110 Å². The first kappa shape index (κ1) is 26.0. The summed E-state index contributed by atoms with van der Waals surface area (Å²) in [6.45, 7) is 1.64. The van der Waals surface area contributed by atoms with Crippen LogP contribution in [0.2, 0.25) is 0 Å². The molecule has 1 N–H and O–H groups in total. The number of aromatic nitrogens is 4. The number of pyridine rings is 1. The first-order valence-corrected chi connectivity index (χ1v) is 15.4. The molecule has 10 heteroatoms. The SMILES string of the molecule is COc1ccc(OCC2CCCN(S(=O)(=O)CC3CCC(c4ncnc5cnc6[nH]ccc6c45)CC3)C2)cc1. The van der Waals surface area contributed by atoms with Crippen molar-refractivity contribution in [1.29, 1.82) is 0 Å². The van der Waals surface area contributed by atoms with Crippen molar-refractivity contribution in [2.45, 2.75) is 44.4 Å². The third kappa shape index (κ3) is 5.58. The fourth-order valence-electron chi connectivity index (χ4n) is 6.20. The number of hydrogen-bond acceptors (Lipinski definition) is 7. The largest absolute Gasteiger partial charge is 0.497 e. The van der Waals surface area contributed by atoms with E-state index in [0.717, 1.165) is 77.7 Å². The summed E-state index contributed by atoms with van der Waals surface area (Å²) >= 11 is 0. The van der Waals surface area contributed by atoms with Gasteiger partial charge < -0.3 is 14.5 Å². The minimum atomic E-state index is -3.32. The van der Waals surface area contributed by atoms with Gasteiger partial charge in [-0.3, -0.25) is 0 Å². The molecule has 9 nitrogen and oxygen atoms in total. The Balaban J connectivity index is 1.05. The van der Waals surface area contributed by atoms with Gasteiger partial charge in [0, 0.05) is 41.9 Å². The summed E-state index contributed by atoms with van der Waals surface area (Å²) in [5.74, 6) is 2.44. The van der Waals surface area contributed by atoms with Crippen molar-refractivity contribution in [3.8, 4) is 11.5 Å². The van der Waals surface area contributed by atoms with E-state index in [-0.39, 0.29) is 17.6 Å². The molecule has 0 amide bonds. The van der Waals surface area contributed by atoms with Crippen molar-refractivity contribution in [3.63, 3.8) is 0 Å². The molecular formula is C29H35N5O4S. The number of hydrogen-bond donors (Lipinski definition) is 1. The first-order valence-electron chi connectivity index (χ1n) is 13.8. The van der Waals surface area contributed by atoms with E-state index in [1.807, 2.05) is 36.5 Å². The van der Waals surface area contributed by atoms with Crippen molar-refractivity contribution in [1.82, 2.24) is 24.2 Å². The maximum Gasteiger partial charge on any atom is 0.214 e. The van der Waals surface area contributed by atoms with Crippen LogP contribution in [0.15, 0.2) is 49.1 Å². The van der Waals surface area contributed by atoms with E-state index in [2.05, 4.69) is 15.0 Å². The van der Waals surface area contributed by atoms with Crippen LogP contribution in [0.1, 0.15) is 50.1 Å². The lowest BCUT2D eigenvalue weighted by molar-refractivity contribution is 0.179. The molecule has 39 heavy (non-hydrogen) atoms. The van der Waals surface area contributed by atoms with E-state index in [1.54, 1.807) is 23.9 Å².